The number of hydrogen-bond donors (Lipinski definition) is 1. The summed E-state index contributed by atoms with van der Waals surface area (Å²) in [4.78, 5) is 16.9. The first-order valence-corrected chi connectivity index (χ1v) is 3.84. The Kier molecular flexibility index (Phi) is 2.04. The maximum absolute atomic E-state index is 12.2. The molecule has 0 amide bonds. The van der Waals surface area contributed by atoms with Crippen LogP contribution in [0.4, 0.5) is 13.2 Å². The Balaban J connectivity index is 2.59. The Hall–Kier alpha value is -2.19. The fourth-order valence-electron chi connectivity index (χ4n) is 0.955. The topological polar surface area (TPSA) is 80.4 Å². The summed E-state index contributed by atoms with van der Waals surface area (Å²) in [5.74, 6) is -3.23. The highest BCUT2D eigenvalue weighted by Gasteiger charge is 2.36. The Morgan fingerprint density at radius 3 is 2.69 bits per heavy atom. The number of alkyl halides is 3. The smallest absolute Gasteiger partial charge is 0.453 e. The molecule has 2 heterocycles. The Morgan fingerprint density at radius 2 is 2.12 bits per heavy atom. The summed E-state index contributed by atoms with van der Waals surface area (Å²) in [5.41, 5.74) is -0.450. The molecule has 0 aliphatic heterocycles. The summed E-state index contributed by atoms with van der Waals surface area (Å²) in [5, 5.41) is 11.6. The zero-order chi connectivity index (χ0) is 11.9. The van der Waals surface area contributed by atoms with Crippen molar-refractivity contribution >= 4 is 11.7 Å². The van der Waals surface area contributed by atoms with Crippen molar-refractivity contribution in [3.63, 3.8) is 0 Å². The number of fused-ring (bicyclic) bond motifs is 1. The fourth-order valence-corrected chi connectivity index (χ4v) is 0.955. The van der Waals surface area contributed by atoms with Crippen LogP contribution in [-0.2, 0) is 6.18 Å². The van der Waals surface area contributed by atoms with Gasteiger partial charge < -0.3 is 5.11 Å². The van der Waals surface area contributed by atoms with E-state index in [-0.39, 0.29) is 0 Å². The Morgan fingerprint density at radius 1 is 1.44 bits per heavy atom. The van der Waals surface area contributed by atoms with Crippen LogP contribution in [0, 0.1) is 6.20 Å². The third-order valence-corrected chi connectivity index (χ3v) is 1.61. The molecule has 0 fully saturated rings. The summed E-state index contributed by atoms with van der Waals surface area (Å²) in [6.45, 7) is 0. The maximum Gasteiger partial charge on any atom is 0.453 e. The minimum atomic E-state index is -4.70. The first kappa shape index (κ1) is 10.3. The number of rotatable bonds is 1. The van der Waals surface area contributed by atoms with E-state index >= 15 is 0 Å². The summed E-state index contributed by atoms with van der Waals surface area (Å²) >= 11 is 0. The quantitative estimate of drug-likeness (QED) is 0.778. The van der Waals surface area contributed by atoms with Crippen LogP contribution in [0.25, 0.3) is 5.78 Å². The van der Waals surface area contributed by atoms with Gasteiger partial charge in [0.25, 0.3) is 11.6 Å². The van der Waals surface area contributed by atoms with Crippen LogP contribution in [0.3, 0.4) is 0 Å². The predicted octanol–water partition coefficient (Wildman–Crippen LogP) is 0.641. The number of carbonyl (C=O) groups is 1. The largest absolute Gasteiger partial charge is 0.477 e. The van der Waals surface area contributed by atoms with Gasteiger partial charge in [-0.2, -0.15) is 22.7 Å². The zero-order valence-electron chi connectivity index (χ0n) is 7.36. The number of carboxylic acid groups (broad SMARTS) is 1. The van der Waals surface area contributed by atoms with E-state index in [4.69, 9.17) is 5.11 Å². The first-order valence-electron chi connectivity index (χ1n) is 3.84. The maximum atomic E-state index is 12.2. The van der Waals surface area contributed by atoms with E-state index < -0.39 is 29.4 Å². The molecule has 0 saturated carbocycles. The molecule has 0 aromatic carbocycles. The molecule has 1 radical (unpaired) electrons. The van der Waals surface area contributed by atoms with E-state index in [0.717, 1.165) is 6.07 Å². The van der Waals surface area contributed by atoms with Gasteiger partial charge in [-0.05, 0) is 6.07 Å². The van der Waals surface area contributed by atoms with Crippen LogP contribution in [0.1, 0.15) is 16.3 Å². The molecular formula is C7H2F3N4O2. The van der Waals surface area contributed by atoms with Gasteiger partial charge in [0.2, 0.25) is 0 Å². The van der Waals surface area contributed by atoms with Crippen molar-refractivity contribution < 1.29 is 23.1 Å². The van der Waals surface area contributed by atoms with Crippen LogP contribution in [0.2, 0.25) is 0 Å². The van der Waals surface area contributed by atoms with Gasteiger partial charge in [-0.25, -0.2) is 9.78 Å². The second-order valence-corrected chi connectivity index (χ2v) is 2.72. The number of aromatic carboxylic acids is 1. The number of nitrogens with zero attached hydrogens (tertiary/aromatic N) is 4. The third kappa shape index (κ3) is 1.66. The van der Waals surface area contributed by atoms with Gasteiger partial charge in [-0.1, -0.05) is 0 Å². The molecule has 0 saturated heterocycles. The Bertz CT molecular complexity index is 562. The van der Waals surface area contributed by atoms with Gasteiger partial charge in [-0.3, -0.25) is 0 Å². The number of hydrogen-bond acceptors (Lipinski definition) is 4. The molecular weight excluding hydrogens is 229 g/mol. The summed E-state index contributed by atoms with van der Waals surface area (Å²) in [6, 6.07) is 0.907. The van der Waals surface area contributed by atoms with Crippen LogP contribution >= 0.6 is 0 Å². The van der Waals surface area contributed by atoms with E-state index in [0.29, 0.717) is 4.52 Å². The van der Waals surface area contributed by atoms with Crippen LogP contribution in [-0.4, -0.2) is 30.7 Å². The highest BCUT2D eigenvalue weighted by Crippen LogP contribution is 2.25. The molecule has 0 unspecified atom stereocenters. The average molecular weight is 231 g/mol. The van der Waals surface area contributed by atoms with Crippen molar-refractivity contribution in [3.05, 3.63) is 23.8 Å². The number of carboxylic acids is 1. The molecule has 2 rings (SSSR count). The molecule has 0 aliphatic carbocycles. The standard InChI is InChI=1S/C7H2F3N4O2/c8-7(9,10)5-12-6-11-3(4(15)16)1-2-14(6)13-5/h1H,(H,15,16). The average Bonchev–Trinajstić information content (AvgIpc) is 2.58. The van der Waals surface area contributed by atoms with Gasteiger partial charge in [0.1, 0.15) is 0 Å². The van der Waals surface area contributed by atoms with E-state index in [9.17, 15) is 18.0 Å². The van der Waals surface area contributed by atoms with E-state index in [1.807, 2.05) is 0 Å². The molecule has 83 valence electrons. The van der Waals surface area contributed by atoms with Crippen molar-refractivity contribution in [3.8, 4) is 0 Å². The fraction of sp³-hybridized carbons (Fsp3) is 0.143. The molecule has 9 heteroatoms. The van der Waals surface area contributed by atoms with Gasteiger partial charge in [-0.15, -0.1) is 5.10 Å². The normalized spacial score (nSPS) is 11.9. The molecule has 16 heavy (non-hydrogen) atoms. The van der Waals surface area contributed by atoms with Crippen molar-refractivity contribution in [1.82, 2.24) is 19.6 Å². The van der Waals surface area contributed by atoms with E-state index in [2.05, 4.69) is 21.3 Å². The molecule has 0 bridgehead atoms. The second kappa shape index (κ2) is 3.15. The summed E-state index contributed by atoms with van der Waals surface area (Å²) in [7, 11) is 0. The number of aromatic nitrogens is 4. The monoisotopic (exact) mass is 231 g/mol. The van der Waals surface area contributed by atoms with Crippen LogP contribution in [0.5, 0.6) is 0 Å². The van der Waals surface area contributed by atoms with Gasteiger partial charge >= 0.3 is 12.1 Å². The molecule has 0 spiro atoms. The highest BCUT2D eigenvalue weighted by atomic mass is 19.4. The van der Waals surface area contributed by atoms with E-state index in [1.54, 1.807) is 0 Å². The SMILES string of the molecule is O=C(O)c1c[c]n2nc(C(F)(F)F)nc2n1. The molecule has 6 nitrogen and oxygen atoms in total. The molecule has 0 atom stereocenters. The lowest BCUT2D eigenvalue weighted by Gasteiger charge is -1.96. The second-order valence-electron chi connectivity index (χ2n) is 2.72. The summed E-state index contributed by atoms with van der Waals surface area (Å²) in [6.07, 6.45) is -2.51. The Labute approximate surface area is 85.4 Å². The number of halogens is 3. The summed E-state index contributed by atoms with van der Waals surface area (Å²) < 4.78 is 37.2. The minimum Gasteiger partial charge on any atom is -0.477 e. The molecule has 2 aromatic heterocycles. The predicted molar refractivity (Wildman–Crippen MR) is 41.6 cm³/mol. The molecule has 1 N–H and O–H groups in total. The van der Waals surface area contributed by atoms with Crippen LogP contribution in [0.15, 0.2) is 6.07 Å². The third-order valence-electron chi connectivity index (χ3n) is 1.61. The lowest BCUT2D eigenvalue weighted by atomic mass is 10.4. The highest BCUT2D eigenvalue weighted by molar-refractivity contribution is 5.85. The lowest BCUT2D eigenvalue weighted by molar-refractivity contribution is -0.144. The van der Waals surface area contributed by atoms with Crippen molar-refractivity contribution in [2.75, 3.05) is 0 Å². The lowest BCUT2D eigenvalue weighted by Crippen LogP contribution is -2.07. The minimum absolute atomic E-state index is 0.450. The van der Waals surface area contributed by atoms with Gasteiger partial charge in [0.15, 0.2) is 5.69 Å². The zero-order valence-corrected chi connectivity index (χ0v) is 7.36. The van der Waals surface area contributed by atoms with E-state index in [1.165, 1.54) is 0 Å². The molecule has 0 aliphatic rings. The van der Waals surface area contributed by atoms with Gasteiger partial charge in [0, 0.05) is 0 Å². The van der Waals surface area contributed by atoms with Crippen molar-refractivity contribution in [2.24, 2.45) is 0 Å². The van der Waals surface area contributed by atoms with Crippen LogP contribution < -0.4 is 0 Å². The van der Waals surface area contributed by atoms with Gasteiger partial charge in [0.05, 0.1) is 6.20 Å². The van der Waals surface area contributed by atoms with Crippen molar-refractivity contribution in [1.29, 1.82) is 0 Å². The van der Waals surface area contributed by atoms with Crippen molar-refractivity contribution in [2.45, 2.75) is 6.18 Å². The molecule has 2 aromatic rings. The first-order chi connectivity index (χ1) is 7.38.